The summed E-state index contributed by atoms with van der Waals surface area (Å²) in [6.45, 7) is 11.5. The van der Waals surface area contributed by atoms with Crippen molar-refractivity contribution < 1.29 is 4.42 Å². The summed E-state index contributed by atoms with van der Waals surface area (Å²) in [4.78, 5) is 5.32. The van der Waals surface area contributed by atoms with E-state index in [2.05, 4.69) is 32.3 Å². The van der Waals surface area contributed by atoms with Gasteiger partial charge in [-0.05, 0) is 27.7 Å². The van der Waals surface area contributed by atoms with Crippen molar-refractivity contribution in [1.82, 2.24) is 25.4 Å². The molecule has 0 bridgehead atoms. The SMILES string of the molecule is C.Cc1cnc(C)s1.Cc1nnc(C)o1.Cc1nnc(C)s1. The summed E-state index contributed by atoms with van der Waals surface area (Å²) in [5, 5.41) is 18.0. The second-order valence-corrected chi connectivity index (χ2v) is 6.99. The Morgan fingerprint density at radius 1 is 0.727 bits per heavy atom. The predicted octanol–water partition coefficient (Wildman–Crippen LogP) is 4.24. The van der Waals surface area contributed by atoms with E-state index in [9.17, 15) is 0 Å². The van der Waals surface area contributed by atoms with Gasteiger partial charge in [0.15, 0.2) is 0 Å². The van der Waals surface area contributed by atoms with Crippen LogP contribution in [0.5, 0.6) is 0 Å². The second-order valence-electron chi connectivity index (χ2n) is 4.17. The molecular formula is C14H23N5OS2. The van der Waals surface area contributed by atoms with Crippen LogP contribution in [0.25, 0.3) is 0 Å². The normalized spacial score (nSPS) is 9.00. The Morgan fingerprint density at radius 3 is 1.36 bits per heavy atom. The molecule has 0 amide bonds. The zero-order valence-corrected chi connectivity index (χ0v) is 14.7. The molecule has 0 saturated heterocycles. The van der Waals surface area contributed by atoms with Gasteiger partial charge in [0, 0.05) is 24.9 Å². The van der Waals surface area contributed by atoms with Gasteiger partial charge in [-0.15, -0.1) is 43.1 Å². The van der Waals surface area contributed by atoms with Crippen molar-refractivity contribution in [3.05, 3.63) is 37.9 Å². The van der Waals surface area contributed by atoms with E-state index in [1.54, 1.807) is 36.5 Å². The molecule has 0 saturated carbocycles. The summed E-state index contributed by atoms with van der Waals surface area (Å²) in [7, 11) is 0. The van der Waals surface area contributed by atoms with Gasteiger partial charge in [0.05, 0.1) is 5.01 Å². The summed E-state index contributed by atoms with van der Waals surface area (Å²) >= 11 is 3.35. The molecule has 6 nitrogen and oxygen atoms in total. The average Bonchev–Trinajstić information content (AvgIpc) is 3.06. The van der Waals surface area contributed by atoms with Crippen LogP contribution in [0.1, 0.15) is 39.1 Å². The molecular weight excluding hydrogens is 318 g/mol. The molecule has 0 N–H and O–H groups in total. The van der Waals surface area contributed by atoms with E-state index in [-0.39, 0.29) is 7.43 Å². The topological polar surface area (TPSA) is 77.6 Å². The standard InChI is InChI=1S/C5H7NS.C4H6N2O.C4H6N2S.CH4/c1-4-3-6-5(2)7-4;2*1-3-5-6-4(2)7-3;/h3H,1-2H3;2*1-2H3;1H4. The Morgan fingerprint density at radius 2 is 1.23 bits per heavy atom. The van der Waals surface area contributed by atoms with Crippen molar-refractivity contribution in [3.63, 3.8) is 0 Å². The first-order valence-corrected chi connectivity index (χ1v) is 7.92. The average molecular weight is 342 g/mol. The highest BCUT2D eigenvalue weighted by Gasteiger charge is 1.90. The number of hydrogen-bond donors (Lipinski definition) is 0. The molecule has 22 heavy (non-hydrogen) atoms. The van der Waals surface area contributed by atoms with E-state index in [1.165, 1.54) is 4.88 Å². The van der Waals surface area contributed by atoms with Crippen LogP contribution in [0.2, 0.25) is 0 Å². The Hall–Kier alpha value is -1.67. The lowest BCUT2D eigenvalue weighted by Crippen LogP contribution is -1.68. The Bertz CT molecular complexity index is 519. The second kappa shape index (κ2) is 10.1. The maximum atomic E-state index is 4.86. The summed E-state index contributed by atoms with van der Waals surface area (Å²) in [5.41, 5.74) is 0. The molecule has 0 unspecified atom stereocenters. The first kappa shape index (κ1) is 20.3. The third-order valence-corrected chi connectivity index (χ3v) is 3.57. The highest BCUT2D eigenvalue weighted by atomic mass is 32.1. The molecule has 0 aromatic carbocycles. The fourth-order valence-electron chi connectivity index (χ4n) is 1.26. The molecule has 0 aliphatic rings. The lowest BCUT2D eigenvalue weighted by molar-refractivity contribution is 0.489. The molecule has 0 spiro atoms. The number of nitrogens with zero attached hydrogens (tertiary/aromatic N) is 5. The molecule has 3 aromatic heterocycles. The smallest absolute Gasteiger partial charge is 0.213 e. The van der Waals surface area contributed by atoms with Crippen LogP contribution < -0.4 is 0 Å². The van der Waals surface area contributed by atoms with Crippen LogP contribution in [-0.4, -0.2) is 25.4 Å². The number of hydrogen-bond acceptors (Lipinski definition) is 8. The first-order chi connectivity index (χ1) is 9.86. The maximum Gasteiger partial charge on any atom is 0.213 e. The first-order valence-electron chi connectivity index (χ1n) is 6.29. The van der Waals surface area contributed by atoms with Crippen LogP contribution in [0.4, 0.5) is 0 Å². The Kier molecular flexibility index (Phi) is 9.35. The number of aryl methyl sites for hydroxylation is 6. The van der Waals surface area contributed by atoms with Crippen molar-refractivity contribution in [2.75, 3.05) is 0 Å². The van der Waals surface area contributed by atoms with Crippen LogP contribution in [-0.2, 0) is 0 Å². The van der Waals surface area contributed by atoms with Crippen LogP contribution >= 0.6 is 22.7 Å². The molecule has 0 fully saturated rings. The monoisotopic (exact) mass is 341 g/mol. The molecule has 0 atom stereocenters. The quantitative estimate of drug-likeness (QED) is 0.608. The van der Waals surface area contributed by atoms with E-state index in [1.807, 2.05) is 27.0 Å². The van der Waals surface area contributed by atoms with E-state index >= 15 is 0 Å². The lowest BCUT2D eigenvalue weighted by Gasteiger charge is -1.70. The molecule has 3 aromatic rings. The lowest BCUT2D eigenvalue weighted by atomic mass is 10.6. The van der Waals surface area contributed by atoms with Crippen molar-refractivity contribution in [2.45, 2.75) is 49.0 Å². The van der Waals surface area contributed by atoms with Gasteiger partial charge >= 0.3 is 0 Å². The molecule has 3 rings (SSSR count). The minimum absolute atomic E-state index is 0. The number of thiazole rings is 1. The summed E-state index contributed by atoms with van der Waals surface area (Å²) < 4.78 is 4.86. The van der Waals surface area contributed by atoms with Gasteiger partial charge in [-0.3, -0.25) is 0 Å². The highest BCUT2D eigenvalue weighted by molar-refractivity contribution is 7.11. The predicted molar refractivity (Wildman–Crippen MR) is 91.5 cm³/mol. The van der Waals surface area contributed by atoms with E-state index < -0.39 is 0 Å². The van der Waals surface area contributed by atoms with Gasteiger partial charge in [-0.1, -0.05) is 7.43 Å². The minimum atomic E-state index is 0. The van der Waals surface area contributed by atoms with Crippen molar-refractivity contribution >= 4 is 22.7 Å². The minimum Gasteiger partial charge on any atom is -0.426 e. The Balaban J connectivity index is 0.000000294. The third-order valence-electron chi connectivity index (χ3n) is 1.99. The summed E-state index contributed by atoms with van der Waals surface area (Å²) in [6.07, 6.45) is 1.89. The number of rotatable bonds is 0. The molecule has 0 aliphatic heterocycles. The molecule has 3 heterocycles. The largest absolute Gasteiger partial charge is 0.426 e. The van der Waals surface area contributed by atoms with Crippen LogP contribution in [0, 0.1) is 41.5 Å². The van der Waals surface area contributed by atoms with Crippen molar-refractivity contribution in [2.24, 2.45) is 0 Å². The van der Waals surface area contributed by atoms with Gasteiger partial charge in [-0.2, -0.15) is 0 Å². The highest BCUT2D eigenvalue weighted by Crippen LogP contribution is 2.07. The zero-order valence-electron chi connectivity index (χ0n) is 13.0. The van der Waals surface area contributed by atoms with E-state index in [0.717, 1.165) is 15.0 Å². The van der Waals surface area contributed by atoms with Gasteiger partial charge < -0.3 is 4.42 Å². The summed E-state index contributed by atoms with van der Waals surface area (Å²) in [5.74, 6) is 1.25. The fourth-order valence-corrected chi connectivity index (χ4v) is 2.53. The van der Waals surface area contributed by atoms with Gasteiger partial charge in [0.25, 0.3) is 0 Å². The van der Waals surface area contributed by atoms with Gasteiger partial charge in [0.1, 0.15) is 10.0 Å². The van der Waals surface area contributed by atoms with Crippen LogP contribution in [0.15, 0.2) is 10.6 Å². The fraction of sp³-hybridized carbons (Fsp3) is 0.500. The van der Waals surface area contributed by atoms with Crippen LogP contribution in [0.3, 0.4) is 0 Å². The number of aromatic nitrogens is 5. The van der Waals surface area contributed by atoms with Crippen molar-refractivity contribution in [1.29, 1.82) is 0 Å². The molecule has 0 aliphatic carbocycles. The molecule has 122 valence electrons. The van der Waals surface area contributed by atoms with Gasteiger partial charge in [-0.25, -0.2) is 4.98 Å². The Labute approximate surface area is 139 Å². The van der Waals surface area contributed by atoms with E-state index in [4.69, 9.17) is 4.42 Å². The summed E-state index contributed by atoms with van der Waals surface area (Å²) in [6, 6.07) is 0. The maximum absolute atomic E-state index is 4.86. The zero-order chi connectivity index (χ0) is 15.8. The van der Waals surface area contributed by atoms with Crippen molar-refractivity contribution in [3.8, 4) is 0 Å². The molecule has 8 heteroatoms. The molecule has 0 radical (unpaired) electrons. The third kappa shape index (κ3) is 8.58. The van der Waals surface area contributed by atoms with E-state index in [0.29, 0.717) is 11.8 Å². The van der Waals surface area contributed by atoms with Gasteiger partial charge in [0.2, 0.25) is 11.8 Å².